The van der Waals surface area contributed by atoms with Crippen LogP contribution in [0.15, 0.2) is 47.4 Å². The zero-order valence-electron chi connectivity index (χ0n) is 15.2. The summed E-state index contributed by atoms with van der Waals surface area (Å²) in [5.74, 6) is 1.22. The lowest BCUT2D eigenvalue weighted by Gasteiger charge is -2.12. The van der Waals surface area contributed by atoms with Gasteiger partial charge < -0.3 is 19.5 Å². The summed E-state index contributed by atoms with van der Waals surface area (Å²) in [6, 6.07) is 11.4. The molecule has 0 spiro atoms. The van der Waals surface area contributed by atoms with E-state index >= 15 is 0 Å². The molecule has 0 aromatic heterocycles. The number of benzene rings is 2. The van der Waals surface area contributed by atoms with Gasteiger partial charge in [0.2, 0.25) is 0 Å². The van der Waals surface area contributed by atoms with Crippen LogP contribution in [0, 0.1) is 10.1 Å². The van der Waals surface area contributed by atoms with E-state index in [1.165, 1.54) is 24.3 Å². The van der Waals surface area contributed by atoms with E-state index in [1.807, 2.05) is 12.1 Å². The maximum Gasteiger partial charge on any atom is 0.270 e. The zero-order valence-corrected chi connectivity index (χ0v) is 16.9. The van der Waals surface area contributed by atoms with Crippen LogP contribution in [0.3, 0.4) is 0 Å². The summed E-state index contributed by atoms with van der Waals surface area (Å²) >= 11 is 6.06. The topological polar surface area (TPSA) is 99.9 Å². The quantitative estimate of drug-likeness (QED) is 0.222. The number of nitrogens with one attached hydrogen (secondary N) is 1. The number of hydrogen-bond donors (Lipinski definition) is 1. The van der Waals surface area contributed by atoms with E-state index in [2.05, 4.69) is 5.32 Å². The van der Waals surface area contributed by atoms with Crippen LogP contribution in [0.25, 0.3) is 6.08 Å². The number of nitro groups is 1. The minimum absolute atomic E-state index is 0.111. The number of amides is 1. The summed E-state index contributed by atoms with van der Waals surface area (Å²) in [4.78, 5) is 22.8. The number of carbonyl (C=O) groups excluding carboxylic acids is 1. The second-order valence-electron chi connectivity index (χ2n) is 5.68. The molecule has 0 radical (unpaired) electrons. The Morgan fingerprint density at radius 2 is 1.83 bits per heavy atom. The minimum atomic E-state index is -0.511. The maximum absolute atomic E-state index is 11.9. The molecule has 2 aromatic rings. The van der Waals surface area contributed by atoms with Crippen molar-refractivity contribution in [1.82, 2.24) is 5.32 Å². The van der Waals surface area contributed by atoms with Crippen molar-refractivity contribution in [2.75, 3.05) is 20.3 Å². The fraction of sp³-hybridized carbons (Fsp3) is 0.158. The molecule has 0 aliphatic carbocycles. The van der Waals surface area contributed by atoms with Crippen LogP contribution in [0.1, 0.15) is 5.56 Å². The third-order valence-corrected chi connectivity index (χ3v) is 4.96. The van der Waals surface area contributed by atoms with E-state index < -0.39 is 4.92 Å². The van der Waals surface area contributed by atoms with E-state index in [0.29, 0.717) is 32.0 Å². The number of ether oxygens (including phenoxy) is 3. The second-order valence-corrected chi connectivity index (χ2v) is 7.40. The van der Waals surface area contributed by atoms with Crippen molar-refractivity contribution in [3.8, 4) is 17.2 Å². The van der Waals surface area contributed by atoms with Crippen LogP contribution in [0.2, 0.25) is 0 Å². The fourth-order valence-corrected chi connectivity index (χ4v) is 3.53. The van der Waals surface area contributed by atoms with Crippen molar-refractivity contribution in [3.63, 3.8) is 0 Å². The summed E-state index contributed by atoms with van der Waals surface area (Å²) in [5, 5.41) is 13.6. The number of para-hydroxylation sites is 2. The molecule has 2 aromatic carbocycles. The molecular weight excluding hydrogens is 416 g/mol. The van der Waals surface area contributed by atoms with E-state index in [9.17, 15) is 14.9 Å². The van der Waals surface area contributed by atoms with Gasteiger partial charge >= 0.3 is 0 Å². The van der Waals surface area contributed by atoms with Gasteiger partial charge in [0.05, 0.1) is 16.9 Å². The number of thiocarbonyl (C=S) groups is 1. The Bertz CT molecular complexity index is 992. The van der Waals surface area contributed by atoms with Gasteiger partial charge in [-0.2, -0.15) is 0 Å². The van der Waals surface area contributed by atoms with Gasteiger partial charge in [-0.1, -0.05) is 36.1 Å². The van der Waals surface area contributed by atoms with Gasteiger partial charge in [0.25, 0.3) is 11.6 Å². The number of nitro benzene ring substituents is 1. The first-order chi connectivity index (χ1) is 14.0. The number of hydrogen-bond acceptors (Lipinski definition) is 8. The summed E-state index contributed by atoms with van der Waals surface area (Å²) in [6.07, 6.45) is 1.52. The number of non-ortho nitro benzene ring substituents is 1. The van der Waals surface area contributed by atoms with Crippen LogP contribution in [0.4, 0.5) is 5.69 Å². The lowest BCUT2D eigenvalue weighted by Crippen LogP contribution is -2.17. The summed E-state index contributed by atoms with van der Waals surface area (Å²) in [7, 11) is 1.55. The summed E-state index contributed by atoms with van der Waals surface area (Å²) < 4.78 is 16.9. The SMILES string of the molecule is COc1ccccc1OCCOc1ccc([N+](=O)[O-])cc1C=C1SC(=S)NC1=O. The number of methoxy groups -OCH3 is 1. The normalized spacial score (nSPS) is 14.6. The van der Waals surface area contributed by atoms with Crippen molar-refractivity contribution in [1.29, 1.82) is 0 Å². The van der Waals surface area contributed by atoms with Gasteiger partial charge in [0.15, 0.2) is 11.5 Å². The van der Waals surface area contributed by atoms with Crippen molar-refractivity contribution in [2.45, 2.75) is 0 Å². The largest absolute Gasteiger partial charge is 0.493 e. The zero-order chi connectivity index (χ0) is 20.8. The van der Waals surface area contributed by atoms with Crippen LogP contribution in [-0.4, -0.2) is 35.5 Å². The fourth-order valence-electron chi connectivity index (χ4n) is 2.50. The molecule has 1 N–H and O–H groups in total. The molecule has 1 heterocycles. The predicted octanol–water partition coefficient (Wildman–Crippen LogP) is 3.55. The molecule has 0 bridgehead atoms. The number of rotatable bonds is 8. The standard InChI is InChI=1S/C19H16N2O6S2/c1-25-15-4-2-3-5-16(15)27-9-8-26-14-7-6-13(21(23)24)10-12(14)11-17-18(22)20-19(28)29-17/h2-7,10-11H,8-9H2,1H3,(H,20,22,28). The third-order valence-electron chi connectivity index (χ3n) is 3.80. The van der Waals surface area contributed by atoms with Crippen LogP contribution < -0.4 is 19.5 Å². The molecule has 0 atom stereocenters. The molecule has 29 heavy (non-hydrogen) atoms. The van der Waals surface area contributed by atoms with Crippen molar-refractivity contribution in [2.24, 2.45) is 0 Å². The molecule has 0 saturated carbocycles. The minimum Gasteiger partial charge on any atom is -0.493 e. The van der Waals surface area contributed by atoms with Crippen LogP contribution >= 0.6 is 24.0 Å². The van der Waals surface area contributed by atoms with Crippen molar-refractivity contribution >= 4 is 46.0 Å². The van der Waals surface area contributed by atoms with Gasteiger partial charge in [-0.3, -0.25) is 14.9 Å². The number of nitrogens with zero attached hydrogens (tertiary/aromatic N) is 1. The van der Waals surface area contributed by atoms with Crippen LogP contribution in [-0.2, 0) is 4.79 Å². The average molecular weight is 432 g/mol. The number of carbonyl (C=O) groups is 1. The molecule has 3 rings (SSSR count). The van der Waals surface area contributed by atoms with Gasteiger partial charge in [-0.15, -0.1) is 0 Å². The van der Waals surface area contributed by atoms with E-state index in [1.54, 1.807) is 19.2 Å². The van der Waals surface area contributed by atoms with Gasteiger partial charge in [0, 0.05) is 17.7 Å². The highest BCUT2D eigenvalue weighted by atomic mass is 32.2. The lowest BCUT2D eigenvalue weighted by atomic mass is 10.1. The molecule has 1 fully saturated rings. The van der Waals surface area contributed by atoms with Crippen LogP contribution in [0.5, 0.6) is 17.2 Å². The van der Waals surface area contributed by atoms with E-state index in [4.69, 9.17) is 26.4 Å². The van der Waals surface area contributed by atoms with Gasteiger partial charge in [-0.25, -0.2) is 0 Å². The van der Waals surface area contributed by atoms with Crippen molar-refractivity contribution < 1.29 is 23.9 Å². The molecule has 1 amide bonds. The predicted molar refractivity (Wildman–Crippen MR) is 113 cm³/mol. The second kappa shape index (κ2) is 9.39. The Morgan fingerprint density at radius 3 is 2.45 bits per heavy atom. The molecule has 1 aliphatic rings. The smallest absolute Gasteiger partial charge is 0.270 e. The molecular formula is C19H16N2O6S2. The molecule has 0 unspecified atom stereocenters. The summed E-state index contributed by atoms with van der Waals surface area (Å²) in [5.41, 5.74) is 0.291. The lowest BCUT2D eigenvalue weighted by molar-refractivity contribution is -0.384. The molecule has 1 aliphatic heterocycles. The Morgan fingerprint density at radius 1 is 1.14 bits per heavy atom. The Kier molecular flexibility index (Phi) is 6.68. The first-order valence-electron chi connectivity index (χ1n) is 8.40. The van der Waals surface area contributed by atoms with Gasteiger partial charge in [-0.05, 0) is 24.3 Å². The van der Waals surface area contributed by atoms with Gasteiger partial charge in [0.1, 0.15) is 23.3 Å². The van der Waals surface area contributed by atoms with E-state index in [-0.39, 0.29) is 24.8 Å². The Hall–Kier alpha value is -3.11. The average Bonchev–Trinajstić information content (AvgIpc) is 3.03. The molecule has 10 heteroatoms. The monoisotopic (exact) mass is 432 g/mol. The highest BCUT2D eigenvalue weighted by Crippen LogP contribution is 2.32. The molecule has 1 saturated heterocycles. The molecule has 150 valence electrons. The first-order valence-corrected chi connectivity index (χ1v) is 9.62. The molecule has 8 nitrogen and oxygen atoms in total. The van der Waals surface area contributed by atoms with E-state index in [0.717, 1.165) is 11.8 Å². The first kappa shape index (κ1) is 20.6. The highest BCUT2D eigenvalue weighted by Gasteiger charge is 2.23. The Balaban J connectivity index is 1.73. The third kappa shape index (κ3) is 5.24. The Labute approximate surface area is 176 Å². The summed E-state index contributed by atoms with van der Waals surface area (Å²) in [6.45, 7) is 0.413. The van der Waals surface area contributed by atoms with Crippen molar-refractivity contribution in [3.05, 3.63) is 63.0 Å². The highest BCUT2D eigenvalue weighted by molar-refractivity contribution is 8.26. The maximum atomic E-state index is 11.9. The number of thioether (sulfide) groups is 1.